The quantitative estimate of drug-likeness (QED) is 0.653. The zero-order valence-electron chi connectivity index (χ0n) is 18.4. The SMILES string of the molecule is COc1ccc(S(=O)(=O)NC(C)c2ccc(S(C)(=O)=O)cc2)cc1C(=O)N1CCCCC1. The van der Waals surface area contributed by atoms with Crippen LogP contribution >= 0.6 is 0 Å². The molecule has 0 radical (unpaired) electrons. The molecular weight excluding hydrogens is 452 g/mol. The largest absolute Gasteiger partial charge is 0.496 e. The van der Waals surface area contributed by atoms with Crippen LogP contribution in [0.2, 0.25) is 0 Å². The molecule has 2 aromatic rings. The number of benzene rings is 2. The zero-order valence-corrected chi connectivity index (χ0v) is 20.0. The van der Waals surface area contributed by atoms with Crippen LogP contribution in [0, 0.1) is 0 Å². The molecule has 3 rings (SSSR count). The molecule has 1 N–H and O–H groups in total. The summed E-state index contributed by atoms with van der Waals surface area (Å²) in [5.74, 6) is 0.0759. The van der Waals surface area contributed by atoms with E-state index in [1.165, 1.54) is 37.4 Å². The molecule has 1 unspecified atom stereocenters. The van der Waals surface area contributed by atoms with Crippen LogP contribution in [0.25, 0.3) is 0 Å². The van der Waals surface area contributed by atoms with Crippen LogP contribution in [0.1, 0.15) is 48.1 Å². The van der Waals surface area contributed by atoms with Gasteiger partial charge in [0.1, 0.15) is 5.75 Å². The Labute approximate surface area is 189 Å². The minimum absolute atomic E-state index is 0.0433. The molecule has 0 aliphatic carbocycles. The summed E-state index contributed by atoms with van der Waals surface area (Å²) in [6.07, 6.45) is 4.02. The lowest BCUT2D eigenvalue weighted by Crippen LogP contribution is -2.36. The molecule has 174 valence electrons. The summed E-state index contributed by atoms with van der Waals surface area (Å²) in [5.41, 5.74) is 0.821. The first-order valence-corrected chi connectivity index (χ1v) is 13.7. The highest BCUT2D eigenvalue weighted by molar-refractivity contribution is 7.90. The minimum Gasteiger partial charge on any atom is -0.496 e. The van der Waals surface area contributed by atoms with E-state index in [2.05, 4.69) is 4.72 Å². The molecule has 8 nitrogen and oxygen atoms in total. The van der Waals surface area contributed by atoms with Gasteiger partial charge < -0.3 is 9.64 Å². The summed E-state index contributed by atoms with van der Waals surface area (Å²) >= 11 is 0. The number of amides is 1. The molecule has 1 atom stereocenters. The van der Waals surface area contributed by atoms with Crippen molar-refractivity contribution < 1.29 is 26.4 Å². The van der Waals surface area contributed by atoms with Gasteiger partial charge in [0.15, 0.2) is 9.84 Å². The van der Waals surface area contributed by atoms with Crippen molar-refractivity contribution in [1.29, 1.82) is 0 Å². The van der Waals surface area contributed by atoms with Crippen molar-refractivity contribution in [3.8, 4) is 5.75 Å². The van der Waals surface area contributed by atoms with Gasteiger partial charge in [-0.1, -0.05) is 12.1 Å². The van der Waals surface area contributed by atoms with Crippen LogP contribution in [0.3, 0.4) is 0 Å². The highest BCUT2D eigenvalue weighted by Crippen LogP contribution is 2.26. The molecule has 0 saturated carbocycles. The Kier molecular flexibility index (Phi) is 7.26. The van der Waals surface area contributed by atoms with Crippen LogP contribution in [0.15, 0.2) is 52.3 Å². The fourth-order valence-corrected chi connectivity index (χ4v) is 5.55. The van der Waals surface area contributed by atoms with E-state index in [4.69, 9.17) is 4.74 Å². The van der Waals surface area contributed by atoms with Gasteiger partial charge in [-0.15, -0.1) is 0 Å². The van der Waals surface area contributed by atoms with Crippen molar-refractivity contribution in [3.63, 3.8) is 0 Å². The van der Waals surface area contributed by atoms with E-state index in [9.17, 15) is 21.6 Å². The van der Waals surface area contributed by atoms with Gasteiger partial charge in [-0.2, -0.15) is 0 Å². The summed E-state index contributed by atoms with van der Waals surface area (Å²) in [6.45, 7) is 2.94. The zero-order chi connectivity index (χ0) is 23.5. The van der Waals surface area contributed by atoms with Crippen LogP contribution in [0.5, 0.6) is 5.75 Å². The average molecular weight is 481 g/mol. The number of ether oxygens (including phenoxy) is 1. The van der Waals surface area contributed by atoms with Gasteiger partial charge in [0.25, 0.3) is 5.91 Å². The summed E-state index contributed by atoms with van der Waals surface area (Å²) in [4.78, 5) is 14.8. The molecule has 2 aromatic carbocycles. The molecule has 1 fully saturated rings. The Morgan fingerprint density at radius 2 is 1.56 bits per heavy atom. The molecule has 32 heavy (non-hydrogen) atoms. The molecule has 0 spiro atoms. The number of sulfone groups is 1. The van der Waals surface area contributed by atoms with E-state index in [1.54, 1.807) is 24.0 Å². The second-order valence-corrected chi connectivity index (χ2v) is 11.6. The molecular formula is C22H28N2O6S2. The predicted molar refractivity (Wildman–Crippen MR) is 121 cm³/mol. The lowest BCUT2D eigenvalue weighted by Gasteiger charge is -2.27. The smallest absolute Gasteiger partial charge is 0.257 e. The normalized spacial score (nSPS) is 15.9. The molecule has 0 aromatic heterocycles. The Balaban J connectivity index is 1.85. The van der Waals surface area contributed by atoms with Crippen molar-refractivity contribution in [2.24, 2.45) is 0 Å². The number of likely N-dealkylation sites (tertiary alicyclic amines) is 1. The fourth-order valence-electron chi connectivity index (χ4n) is 3.66. The van der Waals surface area contributed by atoms with E-state index < -0.39 is 25.9 Å². The van der Waals surface area contributed by atoms with Crippen molar-refractivity contribution in [1.82, 2.24) is 9.62 Å². The van der Waals surface area contributed by atoms with E-state index in [-0.39, 0.29) is 21.3 Å². The number of carbonyl (C=O) groups is 1. The first kappa shape index (κ1) is 24.2. The number of methoxy groups -OCH3 is 1. The molecule has 1 aliphatic heterocycles. The summed E-state index contributed by atoms with van der Waals surface area (Å²) in [5, 5.41) is 0. The van der Waals surface area contributed by atoms with Gasteiger partial charge in [-0.25, -0.2) is 21.6 Å². The third-order valence-electron chi connectivity index (χ3n) is 5.50. The lowest BCUT2D eigenvalue weighted by molar-refractivity contribution is 0.0720. The molecule has 0 bridgehead atoms. The number of hydrogen-bond acceptors (Lipinski definition) is 6. The number of rotatable bonds is 7. The third-order valence-corrected chi connectivity index (χ3v) is 8.16. The first-order valence-electron chi connectivity index (χ1n) is 10.3. The second kappa shape index (κ2) is 9.60. The van der Waals surface area contributed by atoms with E-state index in [0.29, 0.717) is 24.4 Å². The van der Waals surface area contributed by atoms with Crippen LogP contribution < -0.4 is 9.46 Å². The van der Waals surface area contributed by atoms with Gasteiger partial charge in [-0.3, -0.25) is 4.79 Å². The van der Waals surface area contributed by atoms with Crippen LogP contribution in [0.4, 0.5) is 0 Å². The first-order chi connectivity index (χ1) is 15.0. The van der Waals surface area contributed by atoms with Gasteiger partial charge in [0.05, 0.1) is 22.5 Å². The highest BCUT2D eigenvalue weighted by Gasteiger charge is 2.25. The maximum absolute atomic E-state index is 13.0. The monoisotopic (exact) mass is 480 g/mol. The van der Waals surface area contributed by atoms with Crippen molar-refractivity contribution >= 4 is 25.8 Å². The van der Waals surface area contributed by atoms with Crippen LogP contribution in [-0.2, 0) is 19.9 Å². The number of nitrogens with one attached hydrogen (secondary N) is 1. The van der Waals surface area contributed by atoms with Gasteiger partial charge in [0.2, 0.25) is 10.0 Å². The van der Waals surface area contributed by atoms with Crippen molar-refractivity contribution in [3.05, 3.63) is 53.6 Å². The summed E-state index contributed by atoms with van der Waals surface area (Å²) in [6, 6.07) is 9.64. The van der Waals surface area contributed by atoms with Gasteiger partial charge >= 0.3 is 0 Å². The standard InChI is InChI=1S/C22H28N2O6S2/c1-16(17-7-9-18(10-8-17)31(3,26)27)23-32(28,29)19-11-12-21(30-2)20(15-19)22(25)24-13-5-4-6-14-24/h7-12,15-16,23H,4-6,13-14H2,1-3H3. The van der Waals surface area contributed by atoms with E-state index in [0.717, 1.165) is 25.5 Å². The third kappa shape index (κ3) is 5.48. The molecule has 1 heterocycles. The minimum atomic E-state index is -3.95. The molecule has 1 amide bonds. The van der Waals surface area contributed by atoms with Gasteiger partial charge in [0, 0.05) is 25.4 Å². The molecule has 1 saturated heterocycles. The Morgan fingerprint density at radius 1 is 0.969 bits per heavy atom. The Morgan fingerprint density at radius 3 is 2.12 bits per heavy atom. The Bertz CT molecular complexity index is 1190. The Hall–Kier alpha value is -2.43. The average Bonchev–Trinajstić information content (AvgIpc) is 2.78. The maximum atomic E-state index is 13.0. The van der Waals surface area contributed by atoms with Crippen molar-refractivity contribution in [2.45, 2.75) is 42.0 Å². The topological polar surface area (TPSA) is 110 Å². The number of nitrogens with zero attached hydrogens (tertiary/aromatic N) is 1. The number of piperidine rings is 1. The number of hydrogen-bond donors (Lipinski definition) is 1. The maximum Gasteiger partial charge on any atom is 0.257 e. The number of carbonyl (C=O) groups excluding carboxylic acids is 1. The van der Waals surface area contributed by atoms with Gasteiger partial charge in [-0.05, 0) is 62.1 Å². The summed E-state index contributed by atoms with van der Waals surface area (Å²) in [7, 11) is -5.85. The van der Waals surface area contributed by atoms with E-state index in [1.807, 2.05) is 0 Å². The number of sulfonamides is 1. The predicted octanol–water partition coefficient (Wildman–Crippen LogP) is 2.76. The van der Waals surface area contributed by atoms with E-state index >= 15 is 0 Å². The van der Waals surface area contributed by atoms with Crippen molar-refractivity contribution in [2.75, 3.05) is 26.5 Å². The summed E-state index contributed by atoms with van der Waals surface area (Å²) < 4.78 is 57.2. The van der Waals surface area contributed by atoms with Crippen LogP contribution in [-0.4, -0.2) is 54.1 Å². The fraction of sp³-hybridized carbons (Fsp3) is 0.409. The molecule has 10 heteroatoms. The molecule has 1 aliphatic rings. The lowest BCUT2D eigenvalue weighted by atomic mass is 10.1. The second-order valence-electron chi connectivity index (χ2n) is 7.90. The highest BCUT2D eigenvalue weighted by atomic mass is 32.2.